The molecule has 1 aromatic rings. The van der Waals surface area contributed by atoms with E-state index in [2.05, 4.69) is 27.8 Å². The summed E-state index contributed by atoms with van der Waals surface area (Å²) in [6, 6.07) is 0. The van der Waals surface area contributed by atoms with Gasteiger partial charge in [0, 0.05) is 22.7 Å². The van der Waals surface area contributed by atoms with Gasteiger partial charge in [-0.25, -0.2) is 4.98 Å². The van der Waals surface area contributed by atoms with Crippen LogP contribution in [0.3, 0.4) is 0 Å². The van der Waals surface area contributed by atoms with Crippen LogP contribution in [0.2, 0.25) is 0 Å². The Morgan fingerprint density at radius 3 is 3.08 bits per heavy atom. The van der Waals surface area contributed by atoms with E-state index in [1.807, 2.05) is 23.3 Å². The Hall–Kier alpha value is 0.460. The highest BCUT2D eigenvalue weighted by Crippen LogP contribution is 2.24. The fourth-order valence-corrected chi connectivity index (χ4v) is 3.60. The van der Waals surface area contributed by atoms with Crippen LogP contribution in [-0.2, 0) is 0 Å². The molecule has 68 valence electrons. The number of aromatic nitrogens is 1. The number of thiazole rings is 1. The average molecular weight is 266 g/mol. The number of halogens is 1. The summed E-state index contributed by atoms with van der Waals surface area (Å²) in [6.07, 6.45) is 3.10. The Morgan fingerprint density at radius 2 is 2.58 bits per heavy atom. The molecule has 0 radical (unpaired) electrons. The van der Waals surface area contributed by atoms with Gasteiger partial charge in [-0.15, -0.1) is 11.3 Å². The van der Waals surface area contributed by atoms with Crippen LogP contribution in [0.5, 0.6) is 0 Å². The van der Waals surface area contributed by atoms with Crippen molar-refractivity contribution in [2.24, 2.45) is 5.92 Å². The van der Waals surface area contributed by atoms with Gasteiger partial charge < -0.3 is 0 Å². The van der Waals surface area contributed by atoms with Crippen LogP contribution in [-0.4, -0.2) is 16.1 Å². The minimum Gasteiger partial charge on any atom is -0.238 e. The third kappa shape index (κ3) is 3.46. The van der Waals surface area contributed by atoms with Crippen molar-refractivity contribution in [3.8, 4) is 0 Å². The van der Waals surface area contributed by atoms with E-state index in [0.717, 1.165) is 11.2 Å². The van der Waals surface area contributed by atoms with Crippen LogP contribution in [0.15, 0.2) is 15.9 Å². The second-order valence-corrected chi connectivity index (χ2v) is 5.35. The number of thioether (sulfide) groups is 1. The average Bonchev–Trinajstić information content (AvgIpc) is 2.59. The smallest absolute Gasteiger partial charge is 0.149 e. The molecule has 1 atom stereocenters. The molecule has 1 rings (SSSR count). The van der Waals surface area contributed by atoms with Crippen LogP contribution >= 0.6 is 39.0 Å². The summed E-state index contributed by atoms with van der Waals surface area (Å²) in [4.78, 5) is 4.22. The van der Waals surface area contributed by atoms with E-state index in [-0.39, 0.29) is 0 Å². The standard InChI is InChI=1S/C8H12BrNS2/c1-2-7(5-9)6-12-8-10-3-4-11-8/h3-4,7H,2,5-6H2,1H3. The van der Waals surface area contributed by atoms with E-state index in [1.54, 1.807) is 11.3 Å². The van der Waals surface area contributed by atoms with Gasteiger partial charge in [0.2, 0.25) is 0 Å². The Labute approximate surface area is 90.1 Å². The van der Waals surface area contributed by atoms with Crippen LogP contribution in [0.4, 0.5) is 0 Å². The molecule has 0 aliphatic rings. The number of hydrogen-bond acceptors (Lipinski definition) is 3. The first-order chi connectivity index (χ1) is 5.86. The van der Waals surface area contributed by atoms with Crippen molar-refractivity contribution in [1.29, 1.82) is 0 Å². The number of nitrogens with zero attached hydrogens (tertiary/aromatic N) is 1. The van der Waals surface area contributed by atoms with Crippen molar-refractivity contribution in [3.05, 3.63) is 11.6 Å². The van der Waals surface area contributed by atoms with Crippen LogP contribution in [0.1, 0.15) is 13.3 Å². The molecule has 0 amide bonds. The maximum atomic E-state index is 4.22. The minimum absolute atomic E-state index is 0.777. The second-order valence-electron chi connectivity index (χ2n) is 2.54. The normalized spacial score (nSPS) is 13.2. The number of rotatable bonds is 5. The molecule has 1 unspecified atom stereocenters. The molecule has 0 N–H and O–H groups in total. The van der Waals surface area contributed by atoms with Crippen molar-refractivity contribution in [1.82, 2.24) is 4.98 Å². The number of hydrogen-bond donors (Lipinski definition) is 0. The van der Waals surface area contributed by atoms with Crippen LogP contribution in [0.25, 0.3) is 0 Å². The molecular formula is C8H12BrNS2. The lowest BCUT2D eigenvalue weighted by Gasteiger charge is -2.08. The fourth-order valence-electron chi connectivity index (χ4n) is 0.742. The first kappa shape index (κ1) is 10.5. The summed E-state index contributed by atoms with van der Waals surface area (Å²) in [5, 5.41) is 3.12. The first-order valence-corrected chi connectivity index (χ1v) is 6.93. The lowest BCUT2D eigenvalue weighted by molar-refractivity contribution is 0.652. The highest BCUT2D eigenvalue weighted by molar-refractivity contribution is 9.09. The maximum absolute atomic E-state index is 4.22. The molecule has 0 aromatic carbocycles. The van der Waals surface area contributed by atoms with E-state index in [1.165, 1.54) is 16.5 Å². The molecule has 1 aromatic heterocycles. The molecule has 4 heteroatoms. The van der Waals surface area contributed by atoms with Gasteiger partial charge in [0.15, 0.2) is 0 Å². The quantitative estimate of drug-likeness (QED) is 0.596. The zero-order chi connectivity index (χ0) is 8.81. The van der Waals surface area contributed by atoms with Crippen molar-refractivity contribution in [3.63, 3.8) is 0 Å². The molecule has 0 bridgehead atoms. The van der Waals surface area contributed by atoms with Gasteiger partial charge in [-0.1, -0.05) is 41.0 Å². The molecule has 0 fully saturated rings. The third-order valence-electron chi connectivity index (χ3n) is 1.65. The Kier molecular flexibility index (Phi) is 5.27. The SMILES string of the molecule is CCC(CBr)CSc1nccs1. The zero-order valence-corrected chi connectivity index (χ0v) is 10.2. The zero-order valence-electron chi connectivity index (χ0n) is 7.00. The van der Waals surface area contributed by atoms with Crippen molar-refractivity contribution in [2.45, 2.75) is 17.7 Å². The summed E-state index contributed by atoms with van der Waals surface area (Å²) < 4.78 is 1.19. The highest BCUT2D eigenvalue weighted by Gasteiger charge is 2.05. The maximum Gasteiger partial charge on any atom is 0.149 e. The lowest BCUT2D eigenvalue weighted by atomic mass is 10.2. The highest BCUT2D eigenvalue weighted by atomic mass is 79.9. The largest absolute Gasteiger partial charge is 0.238 e. The van der Waals surface area contributed by atoms with Crippen molar-refractivity contribution >= 4 is 39.0 Å². The summed E-state index contributed by atoms with van der Waals surface area (Å²) in [7, 11) is 0. The van der Waals surface area contributed by atoms with Gasteiger partial charge in [-0.05, 0) is 5.92 Å². The molecule has 12 heavy (non-hydrogen) atoms. The third-order valence-corrected chi connectivity index (χ3v) is 4.76. The van der Waals surface area contributed by atoms with Crippen molar-refractivity contribution < 1.29 is 0 Å². The van der Waals surface area contributed by atoms with E-state index in [0.29, 0.717) is 0 Å². The molecule has 0 saturated heterocycles. The lowest BCUT2D eigenvalue weighted by Crippen LogP contribution is -2.02. The minimum atomic E-state index is 0.777. The van der Waals surface area contributed by atoms with E-state index < -0.39 is 0 Å². The van der Waals surface area contributed by atoms with Crippen LogP contribution in [0, 0.1) is 5.92 Å². The summed E-state index contributed by atoms with van der Waals surface area (Å²) in [6.45, 7) is 2.23. The fraction of sp³-hybridized carbons (Fsp3) is 0.625. The van der Waals surface area contributed by atoms with Gasteiger partial charge in [0.1, 0.15) is 4.34 Å². The van der Waals surface area contributed by atoms with E-state index >= 15 is 0 Å². The van der Waals surface area contributed by atoms with Gasteiger partial charge in [-0.3, -0.25) is 0 Å². The first-order valence-electron chi connectivity index (χ1n) is 3.95. The molecule has 1 heterocycles. The van der Waals surface area contributed by atoms with Gasteiger partial charge >= 0.3 is 0 Å². The predicted octanol–water partition coefficient (Wildman–Crippen LogP) is 3.66. The van der Waals surface area contributed by atoms with E-state index in [9.17, 15) is 0 Å². The second kappa shape index (κ2) is 6.00. The molecule has 0 aliphatic carbocycles. The Morgan fingerprint density at radius 1 is 1.75 bits per heavy atom. The predicted molar refractivity (Wildman–Crippen MR) is 60.4 cm³/mol. The molecular weight excluding hydrogens is 254 g/mol. The summed E-state index contributed by atoms with van der Waals surface area (Å²) in [5.74, 6) is 1.95. The van der Waals surface area contributed by atoms with Crippen molar-refractivity contribution in [2.75, 3.05) is 11.1 Å². The molecule has 1 nitrogen and oxygen atoms in total. The Bertz CT molecular complexity index is 197. The van der Waals surface area contributed by atoms with Gasteiger partial charge in [0.05, 0.1) is 0 Å². The topological polar surface area (TPSA) is 12.9 Å². The summed E-state index contributed by atoms with van der Waals surface area (Å²) >= 11 is 7.09. The number of alkyl halides is 1. The summed E-state index contributed by atoms with van der Waals surface area (Å²) in [5.41, 5.74) is 0. The molecule has 0 spiro atoms. The van der Waals surface area contributed by atoms with Gasteiger partial charge in [0.25, 0.3) is 0 Å². The monoisotopic (exact) mass is 265 g/mol. The van der Waals surface area contributed by atoms with Gasteiger partial charge in [-0.2, -0.15) is 0 Å². The van der Waals surface area contributed by atoms with Crippen LogP contribution < -0.4 is 0 Å². The molecule has 0 saturated carbocycles. The molecule has 0 aliphatic heterocycles. The Balaban J connectivity index is 2.25. The van der Waals surface area contributed by atoms with E-state index in [4.69, 9.17) is 0 Å².